The zero-order chi connectivity index (χ0) is 19.6. The Labute approximate surface area is 169 Å². The predicted molar refractivity (Wildman–Crippen MR) is 111 cm³/mol. The number of anilines is 1. The summed E-state index contributed by atoms with van der Waals surface area (Å²) in [5, 5.41) is 8.71. The van der Waals surface area contributed by atoms with Crippen molar-refractivity contribution in [3.05, 3.63) is 80.6 Å². The first-order valence-corrected chi connectivity index (χ1v) is 9.53. The van der Waals surface area contributed by atoms with Crippen LogP contribution in [0.25, 0.3) is 0 Å². The van der Waals surface area contributed by atoms with Gasteiger partial charge in [-0.05, 0) is 50.1 Å². The average molecular weight is 402 g/mol. The van der Waals surface area contributed by atoms with Crippen LogP contribution in [0.1, 0.15) is 39.8 Å². The Morgan fingerprint density at radius 2 is 1.70 bits per heavy atom. The van der Waals surface area contributed by atoms with Crippen molar-refractivity contribution in [2.75, 3.05) is 5.32 Å². The molecule has 0 aliphatic heterocycles. The van der Waals surface area contributed by atoms with E-state index in [1.54, 1.807) is 16.8 Å². The van der Waals surface area contributed by atoms with E-state index in [9.17, 15) is 4.79 Å². The molecular formula is C21H21Cl2N3O. The maximum atomic E-state index is 12.6. The number of carbonyl (C=O) groups excluding carboxylic acids is 1. The summed E-state index contributed by atoms with van der Waals surface area (Å²) in [4.78, 5) is 12.6. The van der Waals surface area contributed by atoms with Crippen molar-refractivity contribution >= 4 is 34.8 Å². The maximum Gasteiger partial charge on any atom is 0.255 e. The maximum absolute atomic E-state index is 12.6. The van der Waals surface area contributed by atoms with Gasteiger partial charge in [0.05, 0.1) is 23.6 Å². The van der Waals surface area contributed by atoms with Crippen molar-refractivity contribution in [3.8, 4) is 0 Å². The molecule has 0 bridgehead atoms. The summed E-state index contributed by atoms with van der Waals surface area (Å²) in [6.07, 6.45) is 0.942. The summed E-state index contributed by atoms with van der Waals surface area (Å²) in [7, 11) is 0. The van der Waals surface area contributed by atoms with Gasteiger partial charge in [0.1, 0.15) is 0 Å². The lowest BCUT2D eigenvalue weighted by Gasteiger charge is -2.10. The van der Waals surface area contributed by atoms with Gasteiger partial charge in [-0.3, -0.25) is 9.48 Å². The van der Waals surface area contributed by atoms with Gasteiger partial charge in [-0.1, -0.05) is 48.3 Å². The van der Waals surface area contributed by atoms with Crippen LogP contribution in [-0.4, -0.2) is 15.7 Å². The number of nitrogens with zero attached hydrogens (tertiary/aromatic N) is 2. The fourth-order valence-corrected chi connectivity index (χ4v) is 3.46. The molecule has 1 aromatic heterocycles. The van der Waals surface area contributed by atoms with E-state index in [1.165, 1.54) is 5.56 Å². The lowest BCUT2D eigenvalue weighted by Crippen LogP contribution is -2.13. The number of amides is 1. The Hall–Kier alpha value is -2.30. The Bertz CT molecular complexity index is 958. The molecule has 4 nitrogen and oxygen atoms in total. The molecule has 0 fully saturated rings. The number of hydrogen-bond acceptors (Lipinski definition) is 2. The molecule has 0 spiro atoms. The van der Waals surface area contributed by atoms with E-state index in [2.05, 4.69) is 17.3 Å². The van der Waals surface area contributed by atoms with E-state index >= 15 is 0 Å². The third-order valence-electron chi connectivity index (χ3n) is 4.61. The number of aromatic nitrogens is 2. The van der Waals surface area contributed by atoms with Crippen LogP contribution in [0.4, 0.5) is 5.69 Å². The van der Waals surface area contributed by atoms with E-state index in [4.69, 9.17) is 23.2 Å². The molecule has 0 radical (unpaired) electrons. The molecule has 6 heteroatoms. The summed E-state index contributed by atoms with van der Waals surface area (Å²) in [5.74, 6) is -0.154. The molecule has 0 atom stereocenters. The van der Waals surface area contributed by atoms with Crippen LogP contribution in [0.3, 0.4) is 0 Å². The van der Waals surface area contributed by atoms with Gasteiger partial charge in [0, 0.05) is 21.2 Å². The van der Waals surface area contributed by atoms with Crippen LogP contribution in [0.5, 0.6) is 0 Å². The normalized spacial score (nSPS) is 10.9. The van der Waals surface area contributed by atoms with E-state index in [0.29, 0.717) is 27.8 Å². The molecule has 140 valence electrons. The van der Waals surface area contributed by atoms with Gasteiger partial charge >= 0.3 is 0 Å². The van der Waals surface area contributed by atoms with Gasteiger partial charge in [-0.25, -0.2) is 0 Å². The molecule has 0 saturated carbocycles. The first-order valence-electron chi connectivity index (χ1n) is 8.78. The summed E-state index contributed by atoms with van der Waals surface area (Å²) in [6, 6.07) is 13.0. The minimum atomic E-state index is -0.154. The topological polar surface area (TPSA) is 46.9 Å². The van der Waals surface area contributed by atoms with Gasteiger partial charge in [-0.15, -0.1) is 0 Å². The van der Waals surface area contributed by atoms with Crippen LogP contribution >= 0.6 is 23.2 Å². The van der Waals surface area contributed by atoms with Crippen LogP contribution in [-0.2, 0) is 13.0 Å². The molecule has 1 N–H and O–H groups in total. The quantitative estimate of drug-likeness (QED) is 0.598. The van der Waals surface area contributed by atoms with Gasteiger partial charge in [0.2, 0.25) is 0 Å². The van der Waals surface area contributed by atoms with E-state index < -0.39 is 0 Å². The molecule has 1 heterocycles. The second-order valence-electron chi connectivity index (χ2n) is 6.41. The highest BCUT2D eigenvalue weighted by Gasteiger charge is 2.17. The van der Waals surface area contributed by atoms with Gasteiger partial charge in [-0.2, -0.15) is 5.10 Å². The minimum absolute atomic E-state index is 0.154. The Kier molecular flexibility index (Phi) is 5.88. The van der Waals surface area contributed by atoms with Crippen molar-refractivity contribution in [2.45, 2.75) is 33.7 Å². The fourth-order valence-electron chi connectivity index (χ4n) is 2.94. The van der Waals surface area contributed by atoms with Crippen molar-refractivity contribution in [2.24, 2.45) is 0 Å². The zero-order valence-electron chi connectivity index (χ0n) is 15.5. The van der Waals surface area contributed by atoms with E-state index in [1.807, 2.05) is 44.2 Å². The number of hydrogen-bond donors (Lipinski definition) is 1. The smallest absolute Gasteiger partial charge is 0.255 e. The lowest BCUT2D eigenvalue weighted by molar-refractivity contribution is 0.102. The predicted octanol–water partition coefficient (Wildman–Crippen LogP) is 5.67. The van der Waals surface area contributed by atoms with Crippen LogP contribution in [0.2, 0.25) is 10.0 Å². The Morgan fingerprint density at radius 3 is 2.30 bits per heavy atom. The molecule has 0 aliphatic carbocycles. The molecular weight excluding hydrogens is 381 g/mol. The molecule has 2 aromatic carbocycles. The molecule has 0 unspecified atom stereocenters. The van der Waals surface area contributed by atoms with Crippen LogP contribution in [0.15, 0.2) is 42.5 Å². The van der Waals surface area contributed by atoms with Crippen LogP contribution in [0, 0.1) is 13.8 Å². The van der Waals surface area contributed by atoms with Gasteiger partial charge in [0.15, 0.2) is 0 Å². The minimum Gasteiger partial charge on any atom is -0.319 e. The number of rotatable bonds is 5. The molecule has 3 aromatic rings. The molecule has 0 saturated heterocycles. The third-order valence-corrected chi connectivity index (χ3v) is 5.32. The fraction of sp³-hybridized carbons (Fsp3) is 0.238. The largest absolute Gasteiger partial charge is 0.319 e. The number of nitrogens with one attached hydrogen (secondary N) is 1. The molecule has 1 amide bonds. The summed E-state index contributed by atoms with van der Waals surface area (Å²) in [6.45, 7) is 6.31. The Balaban J connectivity index is 1.84. The number of halogens is 2. The number of benzene rings is 2. The lowest BCUT2D eigenvalue weighted by atomic mass is 10.1. The second kappa shape index (κ2) is 8.15. The van der Waals surface area contributed by atoms with Crippen molar-refractivity contribution in [1.29, 1.82) is 0 Å². The SMILES string of the molecule is CCc1ccc(C(=O)Nc2c(C)nn(Cc3c(Cl)cccc3Cl)c2C)cc1. The summed E-state index contributed by atoms with van der Waals surface area (Å²) >= 11 is 12.5. The third kappa shape index (κ3) is 4.18. The van der Waals surface area contributed by atoms with Gasteiger partial charge < -0.3 is 5.32 Å². The van der Waals surface area contributed by atoms with Crippen LogP contribution < -0.4 is 5.32 Å². The zero-order valence-corrected chi connectivity index (χ0v) is 17.0. The number of carbonyl (C=O) groups is 1. The van der Waals surface area contributed by atoms with Crippen molar-refractivity contribution < 1.29 is 4.79 Å². The van der Waals surface area contributed by atoms with Gasteiger partial charge in [0.25, 0.3) is 5.91 Å². The highest BCUT2D eigenvalue weighted by Crippen LogP contribution is 2.27. The monoisotopic (exact) mass is 401 g/mol. The highest BCUT2D eigenvalue weighted by atomic mass is 35.5. The van der Waals surface area contributed by atoms with Crippen molar-refractivity contribution in [3.63, 3.8) is 0 Å². The van der Waals surface area contributed by atoms with E-state index in [0.717, 1.165) is 23.4 Å². The van der Waals surface area contributed by atoms with Crippen molar-refractivity contribution in [1.82, 2.24) is 9.78 Å². The molecule has 27 heavy (non-hydrogen) atoms. The average Bonchev–Trinajstić information content (AvgIpc) is 2.92. The number of aryl methyl sites for hydroxylation is 2. The summed E-state index contributed by atoms with van der Waals surface area (Å²) < 4.78 is 1.80. The second-order valence-corrected chi connectivity index (χ2v) is 7.22. The molecule has 0 aliphatic rings. The van der Waals surface area contributed by atoms with E-state index in [-0.39, 0.29) is 5.91 Å². The highest BCUT2D eigenvalue weighted by molar-refractivity contribution is 6.36. The molecule has 3 rings (SSSR count). The standard InChI is InChI=1S/C21H21Cl2N3O/c1-4-15-8-10-16(11-9-15)21(27)24-20-13(2)25-26(14(20)3)12-17-18(22)6-5-7-19(17)23/h5-11H,4,12H2,1-3H3,(H,24,27). The first kappa shape index (κ1) is 19.5. The summed E-state index contributed by atoms with van der Waals surface area (Å²) in [5.41, 5.74) is 4.93. The Morgan fingerprint density at radius 1 is 1.07 bits per heavy atom. The first-order chi connectivity index (χ1) is 12.9.